The Balaban J connectivity index is 1.48. The molecular weight excluding hydrogens is 198 g/mol. The van der Waals surface area contributed by atoms with E-state index < -0.39 is 0 Å². The van der Waals surface area contributed by atoms with Crippen molar-refractivity contribution >= 4 is 0 Å². The first-order valence-corrected chi connectivity index (χ1v) is 7.23. The number of hydrogen-bond acceptors (Lipinski definition) is 2. The average Bonchev–Trinajstić information content (AvgIpc) is 2.95. The van der Waals surface area contributed by atoms with E-state index in [2.05, 4.69) is 12.2 Å². The van der Waals surface area contributed by atoms with Crippen LogP contribution >= 0.6 is 0 Å². The number of ether oxygens (including phenoxy) is 1. The van der Waals surface area contributed by atoms with Gasteiger partial charge in [-0.3, -0.25) is 0 Å². The molecule has 0 bridgehead atoms. The molecule has 2 nitrogen and oxygen atoms in total. The number of nitrogens with one attached hydrogen (secondary N) is 1. The summed E-state index contributed by atoms with van der Waals surface area (Å²) in [5.41, 5.74) is 0. The number of hydrogen-bond donors (Lipinski definition) is 1. The van der Waals surface area contributed by atoms with Gasteiger partial charge in [0.2, 0.25) is 0 Å². The maximum Gasteiger partial charge on any atom is 0.0594 e. The van der Waals surface area contributed by atoms with E-state index in [9.17, 15) is 0 Å². The molecule has 2 rings (SSSR count). The second-order valence-corrected chi connectivity index (χ2v) is 5.52. The summed E-state index contributed by atoms with van der Waals surface area (Å²) < 4.78 is 5.85. The Bertz CT molecular complexity index is 189. The van der Waals surface area contributed by atoms with Crippen LogP contribution in [0.2, 0.25) is 0 Å². The van der Waals surface area contributed by atoms with Crippen molar-refractivity contribution in [3.63, 3.8) is 0 Å². The second kappa shape index (κ2) is 6.61. The molecule has 2 saturated carbocycles. The van der Waals surface area contributed by atoms with Crippen molar-refractivity contribution < 1.29 is 4.74 Å². The van der Waals surface area contributed by atoms with E-state index in [1.54, 1.807) is 0 Å². The summed E-state index contributed by atoms with van der Waals surface area (Å²) in [4.78, 5) is 0. The third-order valence-electron chi connectivity index (χ3n) is 4.31. The van der Waals surface area contributed by atoms with Crippen molar-refractivity contribution in [2.45, 2.75) is 70.4 Å². The molecular formula is C14H27NO. The molecule has 0 aromatic rings. The van der Waals surface area contributed by atoms with Crippen molar-refractivity contribution in [3.8, 4) is 0 Å². The van der Waals surface area contributed by atoms with Crippen LogP contribution in [0.4, 0.5) is 0 Å². The minimum atomic E-state index is 0.578. The van der Waals surface area contributed by atoms with Gasteiger partial charge in [0, 0.05) is 12.6 Å². The van der Waals surface area contributed by atoms with Gasteiger partial charge in [0.25, 0.3) is 0 Å². The summed E-state index contributed by atoms with van der Waals surface area (Å²) in [5.74, 6) is 0.980. The molecule has 0 aromatic carbocycles. The molecule has 2 unspecified atom stereocenters. The lowest BCUT2D eigenvalue weighted by atomic mass is 10.1. The predicted octanol–water partition coefficient (Wildman–Crippen LogP) is 3.11. The largest absolute Gasteiger partial charge is 0.377 e. The average molecular weight is 225 g/mol. The van der Waals surface area contributed by atoms with E-state index in [-0.39, 0.29) is 0 Å². The smallest absolute Gasteiger partial charge is 0.0594 e. The van der Waals surface area contributed by atoms with E-state index >= 15 is 0 Å². The fraction of sp³-hybridized carbons (Fsp3) is 1.00. The first kappa shape index (κ1) is 12.4. The summed E-state index contributed by atoms with van der Waals surface area (Å²) >= 11 is 0. The third-order valence-corrected chi connectivity index (χ3v) is 4.31. The van der Waals surface area contributed by atoms with E-state index in [4.69, 9.17) is 4.74 Å². The highest BCUT2D eigenvalue weighted by Crippen LogP contribution is 2.27. The quantitative estimate of drug-likeness (QED) is 0.701. The molecule has 0 radical (unpaired) electrons. The van der Waals surface area contributed by atoms with Crippen LogP contribution in [0.15, 0.2) is 0 Å². The van der Waals surface area contributed by atoms with Crippen molar-refractivity contribution in [1.82, 2.24) is 5.32 Å². The first-order valence-electron chi connectivity index (χ1n) is 7.23. The molecule has 0 aromatic heterocycles. The van der Waals surface area contributed by atoms with E-state index in [1.165, 1.54) is 51.4 Å². The van der Waals surface area contributed by atoms with Gasteiger partial charge in [-0.2, -0.15) is 0 Å². The van der Waals surface area contributed by atoms with E-state index in [1.807, 2.05) is 0 Å². The maximum absolute atomic E-state index is 5.85. The van der Waals surface area contributed by atoms with Gasteiger partial charge in [0.1, 0.15) is 0 Å². The van der Waals surface area contributed by atoms with Gasteiger partial charge >= 0.3 is 0 Å². The maximum atomic E-state index is 5.85. The molecule has 0 aliphatic heterocycles. The minimum absolute atomic E-state index is 0.578. The SMILES string of the molecule is CCC1CCC(NCCOC2CCCC2)C1. The highest BCUT2D eigenvalue weighted by atomic mass is 16.5. The van der Waals surface area contributed by atoms with Crippen LogP contribution in [-0.4, -0.2) is 25.3 Å². The normalized spacial score (nSPS) is 31.3. The van der Waals surface area contributed by atoms with Crippen LogP contribution in [-0.2, 0) is 4.74 Å². The Hall–Kier alpha value is -0.0800. The van der Waals surface area contributed by atoms with Crippen molar-refractivity contribution in [2.24, 2.45) is 5.92 Å². The highest BCUT2D eigenvalue weighted by molar-refractivity contribution is 4.79. The number of rotatable bonds is 6. The summed E-state index contributed by atoms with van der Waals surface area (Å²) in [7, 11) is 0. The van der Waals surface area contributed by atoms with Crippen LogP contribution < -0.4 is 5.32 Å². The van der Waals surface area contributed by atoms with Crippen LogP contribution in [0, 0.1) is 5.92 Å². The molecule has 0 amide bonds. The summed E-state index contributed by atoms with van der Waals surface area (Å²) in [6.45, 7) is 4.28. The predicted molar refractivity (Wildman–Crippen MR) is 67.6 cm³/mol. The lowest BCUT2D eigenvalue weighted by molar-refractivity contribution is 0.0591. The summed E-state index contributed by atoms with van der Waals surface area (Å²) in [6.07, 6.45) is 11.5. The van der Waals surface area contributed by atoms with E-state index in [0.29, 0.717) is 6.10 Å². The standard InChI is InChI=1S/C14H27NO/c1-2-12-7-8-13(11-12)15-9-10-16-14-5-3-4-6-14/h12-15H,2-11H2,1H3. The fourth-order valence-electron chi connectivity index (χ4n) is 3.17. The van der Waals surface area contributed by atoms with Crippen LogP contribution in [0.25, 0.3) is 0 Å². The summed E-state index contributed by atoms with van der Waals surface area (Å²) in [6, 6.07) is 0.775. The molecule has 0 heterocycles. The molecule has 94 valence electrons. The lowest BCUT2D eigenvalue weighted by Gasteiger charge is -2.15. The zero-order chi connectivity index (χ0) is 11.2. The van der Waals surface area contributed by atoms with Crippen molar-refractivity contribution in [1.29, 1.82) is 0 Å². The van der Waals surface area contributed by atoms with Crippen LogP contribution in [0.1, 0.15) is 58.3 Å². The van der Waals surface area contributed by atoms with E-state index in [0.717, 1.165) is 25.1 Å². The zero-order valence-corrected chi connectivity index (χ0v) is 10.7. The van der Waals surface area contributed by atoms with Crippen molar-refractivity contribution in [3.05, 3.63) is 0 Å². The van der Waals surface area contributed by atoms with Gasteiger partial charge in [-0.1, -0.05) is 26.2 Å². The van der Waals surface area contributed by atoms with Crippen LogP contribution in [0.3, 0.4) is 0 Å². The van der Waals surface area contributed by atoms with Gasteiger partial charge in [-0.05, 0) is 38.0 Å². The Kier molecular flexibility index (Phi) is 5.11. The second-order valence-electron chi connectivity index (χ2n) is 5.52. The van der Waals surface area contributed by atoms with Gasteiger partial charge in [0.05, 0.1) is 12.7 Å². The highest BCUT2D eigenvalue weighted by Gasteiger charge is 2.22. The fourth-order valence-corrected chi connectivity index (χ4v) is 3.17. The monoisotopic (exact) mass is 225 g/mol. The third kappa shape index (κ3) is 3.74. The van der Waals surface area contributed by atoms with Gasteiger partial charge in [-0.15, -0.1) is 0 Å². The van der Waals surface area contributed by atoms with Crippen molar-refractivity contribution in [2.75, 3.05) is 13.2 Å². The molecule has 2 atom stereocenters. The molecule has 1 N–H and O–H groups in total. The topological polar surface area (TPSA) is 21.3 Å². The molecule has 0 saturated heterocycles. The Morgan fingerprint density at radius 1 is 1.12 bits per heavy atom. The Morgan fingerprint density at radius 2 is 1.94 bits per heavy atom. The molecule has 2 aliphatic rings. The van der Waals surface area contributed by atoms with Crippen LogP contribution in [0.5, 0.6) is 0 Å². The van der Waals surface area contributed by atoms with Gasteiger partial charge < -0.3 is 10.1 Å². The molecule has 2 heteroatoms. The van der Waals surface area contributed by atoms with Gasteiger partial charge in [-0.25, -0.2) is 0 Å². The van der Waals surface area contributed by atoms with Gasteiger partial charge in [0.15, 0.2) is 0 Å². The Labute approximate surface area is 100 Å². The molecule has 2 fully saturated rings. The minimum Gasteiger partial charge on any atom is -0.377 e. The lowest BCUT2D eigenvalue weighted by Crippen LogP contribution is -2.30. The molecule has 16 heavy (non-hydrogen) atoms. The first-order chi connectivity index (χ1) is 7.88. The summed E-state index contributed by atoms with van der Waals surface area (Å²) in [5, 5.41) is 3.64. The Morgan fingerprint density at radius 3 is 2.62 bits per heavy atom. The molecule has 0 spiro atoms. The zero-order valence-electron chi connectivity index (χ0n) is 10.7. The molecule has 2 aliphatic carbocycles.